The molecule has 0 saturated heterocycles. The molecule has 0 aromatic heterocycles. The van der Waals surface area contributed by atoms with Gasteiger partial charge in [-0.1, -0.05) is 32.4 Å². The molecule has 0 heterocycles. The van der Waals surface area contributed by atoms with Crippen LogP contribution in [0.4, 0.5) is 0 Å². The van der Waals surface area contributed by atoms with E-state index in [1.807, 2.05) is 32.9 Å². The molecular weight excluding hydrogens is 284 g/mol. The smallest absolute Gasteiger partial charge is 0.243 e. The molecule has 0 bridgehead atoms. The number of nitrogens with one attached hydrogen (secondary N) is 1. The van der Waals surface area contributed by atoms with Gasteiger partial charge in [0.15, 0.2) is 0 Å². The van der Waals surface area contributed by atoms with E-state index in [1.54, 1.807) is 13.1 Å². The molecule has 0 aliphatic rings. The standard InChI is InChI=1S/C16H28N2O2S/c1-6-9-13(3)18(5)21(19,20)16-11-8-10-15(14(16)4)12-17-7-2/h8,10-11,13,17H,6-7,9,12H2,1-5H3. The molecule has 4 nitrogen and oxygen atoms in total. The van der Waals surface area contributed by atoms with E-state index in [0.717, 1.165) is 30.5 Å². The van der Waals surface area contributed by atoms with Gasteiger partial charge in [-0.3, -0.25) is 0 Å². The summed E-state index contributed by atoms with van der Waals surface area (Å²) in [4.78, 5) is 0.420. The molecule has 120 valence electrons. The Bertz CT molecular complexity index is 555. The molecule has 1 atom stereocenters. The molecule has 21 heavy (non-hydrogen) atoms. The van der Waals surface area contributed by atoms with Gasteiger partial charge in [-0.2, -0.15) is 4.31 Å². The second-order valence-corrected chi connectivity index (χ2v) is 7.45. The predicted octanol–water partition coefficient (Wildman–Crippen LogP) is 2.91. The number of nitrogens with zero attached hydrogens (tertiary/aromatic N) is 1. The quantitative estimate of drug-likeness (QED) is 0.803. The van der Waals surface area contributed by atoms with E-state index in [4.69, 9.17) is 0 Å². The lowest BCUT2D eigenvalue weighted by Crippen LogP contribution is -2.35. The van der Waals surface area contributed by atoms with Crippen molar-refractivity contribution in [2.24, 2.45) is 0 Å². The van der Waals surface area contributed by atoms with Gasteiger partial charge >= 0.3 is 0 Å². The average Bonchev–Trinajstić information content (AvgIpc) is 2.45. The third-order valence-corrected chi connectivity index (χ3v) is 6.06. The normalized spacial score (nSPS) is 13.6. The summed E-state index contributed by atoms with van der Waals surface area (Å²) in [5, 5.41) is 3.25. The van der Waals surface area contributed by atoms with E-state index in [0.29, 0.717) is 11.4 Å². The summed E-state index contributed by atoms with van der Waals surface area (Å²) in [7, 11) is -1.76. The predicted molar refractivity (Wildman–Crippen MR) is 87.9 cm³/mol. The summed E-state index contributed by atoms with van der Waals surface area (Å²) in [6, 6.07) is 5.52. The van der Waals surface area contributed by atoms with Gasteiger partial charge in [0.25, 0.3) is 0 Å². The molecule has 5 heteroatoms. The van der Waals surface area contributed by atoms with Gasteiger partial charge in [-0.25, -0.2) is 8.42 Å². The van der Waals surface area contributed by atoms with Crippen LogP contribution in [0.25, 0.3) is 0 Å². The number of rotatable bonds is 8. The topological polar surface area (TPSA) is 49.4 Å². The second kappa shape index (κ2) is 7.92. The lowest BCUT2D eigenvalue weighted by molar-refractivity contribution is 0.368. The number of hydrogen-bond donors (Lipinski definition) is 1. The maximum absolute atomic E-state index is 12.8. The summed E-state index contributed by atoms with van der Waals surface area (Å²) in [5.74, 6) is 0. The zero-order valence-corrected chi connectivity index (χ0v) is 14.6. The van der Waals surface area contributed by atoms with Gasteiger partial charge in [0.2, 0.25) is 10.0 Å². The van der Waals surface area contributed by atoms with Gasteiger partial charge in [-0.15, -0.1) is 0 Å². The highest BCUT2D eigenvalue weighted by Gasteiger charge is 2.26. The first kappa shape index (κ1) is 18.1. The molecule has 1 rings (SSSR count). The highest BCUT2D eigenvalue weighted by Crippen LogP contribution is 2.24. The van der Waals surface area contributed by atoms with E-state index in [1.165, 1.54) is 4.31 Å². The third kappa shape index (κ3) is 4.28. The van der Waals surface area contributed by atoms with Crippen LogP contribution in [0.2, 0.25) is 0 Å². The van der Waals surface area contributed by atoms with Crippen molar-refractivity contribution >= 4 is 10.0 Å². The van der Waals surface area contributed by atoms with Crippen LogP contribution < -0.4 is 5.32 Å². The Morgan fingerprint density at radius 1 is 1.29 bits per heavy atom. The fraction of sp³-hybridized carbons (Fsp3) is 0.625. The third-order valence-electron chi connectivity index (χ3n) is 3.95. The van der Waals surface area contributed by atoms with Crippen molar-refractivity contribution in [1.82, 2.24) is 9.62 Å². The number of benzene rings is 1. The van der Waals surface area contributed by atoms with E-state index >= 15 is 0 Å². The van der Waals surface area contributed by atoms with Crippen molar-refractivity contribution in [2.45, 2.75) is 58.0 Å². The minimum atomic E-state index is -3.43. The van der Waals surface area contributed by atoms with Crippen LogP contribution >= 0.6 is 0 Å². The molecule has 0 spiro atoms. The van der Waals surface area contributed by atoms with Crippen molar-refractivity contribution in [2.75, 3.05) is 13.6 Å². The van der Waals surface area contributed by atoms with Gasteiger partial charge in [0.05, 0.1) is 4.90 Å². The lowest BCUT2D eigenvalue weighted by atomic mass is 10.1. The van der Waals surface area contributed by atoms with E-state index in [9.17, 15) is 8.42 Å². The Balaban J connectivity index is 3.14. The van der Waals surface area contributed by atoms with Crippen LogP contribution in [0.1, 0.15) is 44.7 Å². The van der Waals surface area contributed by atoms with Crippen molar-refractivity contribution in [3.05, 3.63) is 29.3 Å². The Morgan fingerprint density at radius 3 is 2.52 bits per heavy atom. The summed E-state index contributed by atoms with van der Waals surface area (Å²) >= 11 is 0. The van der Waals surface area contributed by atoms with Crippen LogP contribution in [0.5, 0.6) is 0 Å². The fourth-order valence-electron chi connectivity index (χ4n) is 2.38. The Hall–Kier alpha value is -0.910. The van der Waals surface area contributed by atoms with Crippen LogP contribution in [-0.2, 0) is 16.6 Å². The maximum Gasteiger partial charge on any atom is 0.243 e. The van der Waals surface area contributed by atoms with Crippen molar-refractivity contribution in [3.63, 3.8) is 0 Å². The number of hydrogen-bond acceptors (Lipinski definition) is 3. The minimum Gasteiger partial charge on any atom is -0.313 e. The first-order valence-corrected chi connectivity index (χ1v) is 9.07. The summed E-state index contributed by atoms with van der Waals surface area (Å²) in [6.07, 6.45) is 1.84. The van der Waals surface area contributed by atoms with Crippen molar-refractivity contribution in [3.8, 4) is 0 Å². The average molecular weight is 312 g/mol. The Kier molecular flexibility index (Phi) is 6.84. The molecule has 0 fully saturated rings. The van der Waals surface area contributed by atoms with Gasteiger partial charge in [0.1, 0.15) is 0 Å². The summed E-state index contributed by atoms with van der Waals surface area (Å²) < 4.78 is 27.1. The van der Waals surface area contributed by atoms with Gasteiger partial charge < -0.3 is 5.32 Å². The zero-order valence-electron chi connectivity index (χ0n) is 13.8. The minimum absolute atomic E-state index is 0.0109. The highest BCUT2D eigenvalue weighted by atomic mass is 32.2. The monoisotopic (exact) mass is 312 g/mol. The maximum atomic E-state index is 12.8. The molecule has 1 aromatic carbocycles. The summed E-state index contributed by atoms with van der Waals surface area (Å²) in [6.45, 7) is 9.51. The lowest BCUT2D eigenvalue weighted by Gasteiger charge is -2.25. The molecule has 0 saturated carbocycles. The van der Waals surface area contributed by atoms with Crippen LogP contribution in [0.15, 0.2) is 23.1 Å². The van der Waals surface area contributed by atoms with Crippen LogP contribution in [-0.4, -0.2) is 32.4 Å². The largest absolute Gasteiger partial charge is 0.313 e. The first-order valence-electron chi connectivity index (χ1n) is 7.63. The van der Waals surface area contributed by atoms with E-state index < -0.39 is 10.0 Å². The van der Waals surface area contributed by atoms with Crippen LogP contribution in [0.3, 0.4) is 0 Å². The molecule has 0 aliphatic heterocycles. The first-order chi connectivity index (χ1) is 9.86. The Labute approximate surface area is 129 Å². The van der Waals surface area contributed by atoms with Crippen molar-refractivity contribution < 1.29 is 8.42 Å². The SMILES string of the molecule is CCCC(C)N(C)S(=O)(=O)c1cccc(CNCC)c1C. The van der Waals surface area contributed by atoms with E-state index in [2.05, 4.69) is 12.2 Å². The number of sulfonamides is 1. The van der Waals surface area contributed by atoms with Gasteiger partial charge in [0, 0.05) is 19.6 Å². The second-order valence-electron chi connectivity index (χ2n) is 5.48. The molecule has 1 N–H and O–H groups in total. The highest BCUT2D eigenvalue weighted by molar-refractivity contribution is 7.89. The zero-order chi connectivity index (χ0) is 16.0. The Morgan fingerprint density at radius 2 is 1.95 bits per heavy atom. The molecule has 1 aromatic rings. The molecular formula is C16H28N2O2S. The van der Waals surface area contributed by atoms with Gasteiger partial charge in [-0.05, 0) is 44.0 Å². The van der Waals surface area contributed by atoms with E-state index in [-0.39, 0.29) is 6.04 Å². The molecule has 0 amide bonds. The molecule has 1 unspecified atom stereocenters. The molecule has 0 aliphatic carbocycles. The fourth-order valence-corrected chi connectivity index (χ4v) is 4.04. The summed E-state index contributed by atoms with van der Waals surface area (Å²) in [5.41, 5.74) is 1.88. The van der Waals surface area contributed by atoms with Crippen molar-refractivity contribution in [1.29, 1.82) is 0 Å². The van der Waals surface area contributed by atoms with Crippen LogP contribution in [0, 0.1) is 6.92 Å². The molecule has 0 radical (unpaired) electrons.